The molecule has 1 aromatic heterocycles. The first-order valence-electron chi connectivity index (χ1n) is 8.75. The van der Waals surface area contributed by atoms with E-state index >= 15 is 0 Å². The van der Waals surface area contributed by atoms with Gasteiger partial charge < -0.3 is 15.2 Å². The number of thiazole rings is 1. The van der Waals surface area contributed by atoms with E-state index in [0.717, 1.165) is 29.4 Å². The van der Waals surface area contributed by atoms with E-state index in [4.69, 9.17) is 4.74 Å². The molecular formula is C19H25N3O3S. The summed E-state index contributed by atoms with van der Waals surface area (Å²) in [6.45, 7) is 4.55. The van der Waals surface area contributed by atoms with Crippen molar-refractivity contribution in [2.24, 2.45) is 0 Å². The number of ether oxygens (including phenoxy) is 1. The molecule has 3 rings (SSSR count). The third kappa shape index (κ3) is 4.88. The number of carbonyl (C=O) groups excluding carboxylic acids is 1. The average Bonchev–Trinajstić information content (AvgIpc) is 3.02. The molecule has 0 spiro atoms. The number of amides is 1. The summed E-state index contributed by atoms with van der Waals surface area (Å²) >= 11 is 1.64. The number of likely N-dealkylation sites (tertiary alicyclic amines) is 1. The Hall–Kier alpha value is -1.80. The van der Waals surface area contributed by atoms with Gasteiger partial charge >= 0.3 is 0 Å². The molecule has 0 saturated carbocycles. The Morgan fingerprint density at radius 2 is 2.35 bits per heavy atom. The molecule has 2 unspecified atom stereocenters. The lowest BCUT2D eigenvalue weighted by atomic mass is 10.0. The first-order chi connectivity index (χ1) is 12.5. The molecule has 0 aliphatic carbocycles. The van der Waals surface area contributed by atoms with Gasteiger partial charge in [0.05, 0.1) is 29.5 Å². The number of aliphatic hydroxyl groups excluding tert-OH is 1. The fourth-order valence-corrected chi connectivity index (χ4v) is 3.84. The van der Waals surface area contributed by atoms with Gasteiger partial charge in [0.15, 0.2) is 0 Å². The largest absolute Gasteiger partial charge is 0.390 e. The highest BCUT2D eigenvalue weighted by Crippen LogP contribution is 2.17. The molecule has 2 heterocycles. The summed E-state index contributed by atoms with van der Waals surface area (Å²) in [5.74, 6) is -0.157. The average molecular weight is 375 g/mol. The number of benzene rings is 1. The zero-order valence-electron chi connectivity index (χ0n) is 15.1. The van der Waals surface area contributed by atoms with Crippen LogP contribution >= 0.6 is 11.3 Å². The topological polar surface area (TPSA) is 74.7 Å². The van der Waals surface area contributed by atoms with Crippen LogP contribution in [0.3, 0.4) is 0 Å². The van der Waals surface area contributed by atoms with Gasteiger partial charge in [-0.25, -0.2) is 4.98 Å². The number of hydrogen-bond donors (Lipinski definition) is 2. The molecule has 1 aliphatic rings. The van der Waals surface area contributed by atoms with Gasteiger partial charge in [-0.3, -0.25) is 9.69 Å². The molecule has 7 heteroatoms. The van der Waals surface area contributed by atoms with Gasteiger partial charge in [0.1, 0.15) is 0 Å². The van der Waals surface area contributed by atoms with Crippen molar-refractivity contribution in [2.75, 3.05) is 20.2 Å². The van der Waals surface area contributed by atoms with Crippen LogP contribution in [0.15, 0.2) is 29.6 Å². The predicted octanol–water partition coefficient (Wildman–Crippen LogP) is 1.96. The van der Waals surface area contributed by atoms with Crippen LogP contribution in [-0.2, 0) is 17.9 Å². The summed E-state index contributed by atoms with van der Waals surface area (Å²) in [6.07, 6.45) is 0.128. The van der Waals surface area contributed by atoms with Crippen molar-refractivity contribution in [3.05, 3.63) is 51.5 Å². The lowest BCUT2D eigenvalue weighted by Gasteiger charge is -2.36. The Morgan fingerprint density at radius 3 is 3.04 bits per heavy atom. The van der Waals surface area contributed by atoms with Crippen molar-refractivity contribution < 1.29 is 14.6 Å². The molecule has 2 aromatic rings. The van der Waals surface area contributed by atoms with Gasteiger partial charge in [0.2, 0.25) is 0 Å². The normalized spacial score (nSPS) is 20.9. The Kier molecular flexibility index (Phi) is 6.37. The van der Waals surface area contributed by atoms with Crippen LogP contribution in [0.1, 0.15) is 33.0 Å². The molecule has 1 amide bonds. The van der Waals surface area contributed by atoms with Crippen molar-refractivity contribution in [3.8, 4) is 0 Å². The highest BCUT2D eigenvalue weighted by Gasteiger charge is 2.29. The maximum atomic E-state index is 12.5. The Balaban J connectivity index is 1.54. The van der Waals surface area contributed by atoms with E-state index in [9.17, 15) is 9.90 Å². The van der Waals surface area contributed by atoms with Crippen LogP contribution in [0, 0.1) is 6.92 Å². The Labute approximate surface area is 157 Å². The minimum atomic E-state index is -0.588. The number of carbonyl (C=O) groups is 1. The number of hydrogen-bond acceptors (Lipinski definition) is 6. The van der Waals surface area contributed by atoms with Gasteiger partial charge in [-0.15, -0.1) is 11.3 Å². The van der Waals surface area contributed by atoms with Gasteiger partial charge in [0.25, 0.3) is 5.91 Å². The summed E-state index contributed by atoms with van der Waals surface area (Å²) in [6, 6.07) is 7.14. The van der Waals surface area contributed by atoms with E-state index in [0.29, 0.717) is 25.1 Å². The van der Waals surface area contributed by atoms with Gasteiger partial charge in [-0.1, -0.05) is 12.1 Å². The number of methoxy groups -OCH3 is 1. The summed E-state index contributed by atoms with van der Waals surface area (Å²) in [5.41, 5.74) is 2.58. The van der Waals surface area contributed by atoms with Gasteiger partial charge in [-0.2, -0.15) is 0 Å². The minimum Gasteiger partial charge on any atom is -0.390 e. The molecule has 0 bridgehead atoms. The fourth-order valence-electron chi connectivity index (χ4n) is 3.24. The number of aliphatic hydroxyl groups is 1. The standard InChI is InChI=1S/C19H25N3O3S/c1-13-20-16(12-26-13)9-22-7-6-17(18(23)10-22)21-19(24)15-5-3-4-14(8-15)11-25-2/h3-5,8,12,17-18,23H,6-7,9-11H2,1-2H3,(H,21,24). The number of nitrogens with one attached hydrogen (secondary N) is 1. The van der Waals surface area contributed by atoms with E-state index in [1.165, 1.54) is 0 Å². The fraction of sp³-hybridized carbons (Fsp3) is 0.474. The van der Waals surface area contributed by atoms with Crippen molar-refractivity contribution in [3.63, 3.8) is 0 Å². The van der Waals surface area contributed by atoms with E-state index < -0.39 is 6.10 Å². The molecule has 1 saturated heterocycles. The zero-order chi connectivity index (χ0) is 18.5. The van der Waals surface area contributed by atoms with Crippen LogP contribution in [0.4, 0.5) is 0 Å². The molecule has 1 aromatic carbocycles. The van der Waals surface area contributed by atoms with Crippen molar-refractivity contribution in [2.45, 2.75) is 38.6 Å². The number of aryl methyl sites for hydroxylation is 1. The number of rotatable bonds is 6. The van der Waals surface area contributed by atoms with E-state index in [1.54, 1.807) is 24.5 Å². The van der Waals surface area contributed by atoms with E-state index in [-0.39, 0.29) is 11.9 Å². The monoisotopic (exact) mass is 375 g/mol. The summed E-state index contributed by atoms with van der Waals surface area (Å²) in [7, 11) is 1.63. The van der Waals surface area contributed by atoms with Crippen LogP contribution in [0.5, 0.6) is 0 Å². The molecule has 0 radical (unpaired) electrons. The van der Waals surface area contributed by atoms with E-state index in [1.807, 2.05) is 25.1 Å². The van der Waals surface area contributed by atoms with Gasteiger partial charge in [0, 0.05) is 37.7 Å². The van der Waals surface area contributed by atoms with Crippen molar-refractivity contribution in [1.29, 1.82) is 0 Å². The molecule has 26 heavy (non-hydrogen) atoms. The molecule has 2 N–H and O–H groups in total. The van der Waals surface area contributed by atoms with Crippen molar-refractivity contribution >= 4 is 17.2 Å². The second-order valence-electron chi connectivity index (χ2n) is 6.66. The number of β-amino-alcohol motifs (C(OH)–C–C–N with tert-alkyl or cyclic N) is 1. The van der Waals surface area contributed by atoms with Gasteiger partial charge in [-0.05, 0) is 31.0 Å². The molecule has 6 nitrogen and oxygen atoms in total. The first kappa shape index (κ1) is 19.0. The van der Waals surface area contributed by atoms with E-state index in [2.05, 4.69) is 20.6 Å². The van der Waals surface area contributed by atoms with Crippen LogP contribution in [0.25, 0.3) is 0 Å². The lowest BCUT2D eigenvalue weighted by Crippen LogP contribution is -2.53. The van der Waals surface area contributed by atoms with Crippen molar-refractivity contribution in [1.82, 2.24) is 15.2 Å². The second-order valence-corrected chi connectivity index (χ2v) is 7.72. The van der Waals surface area contributed by atoms with Crippen LogP contribution in [-0.4, -0.2) is 53.2 Å². The SMILES string of the molecule is COCc1cccc(C(=O)NC2CCN(Cc3csc(C)n3)CC2O)c1. The summed E-state index contributed by atoms with van der Waals surface area (Å²) < 4.78 is 5.11. The second kappa shape index (κ2) is 8.73. The molecule has 2 atom stereocenters. The highest BCUT2D eigenvalue weighted by atomic mass is 32.1. The van der Waals surface area contributed by atoms with Crippen LogP contribution in [0.2, 0.25) is 0 Å². The smallest absolute Gasteiger partial charge is 0.251 e. The number of piperidine rings is 1. The molecular weight excluding hydrogens is 350 g/mol. The zero-order valence-corrected chi connectivity index (χ0v) is 16.0. The molecule has 1 fully saturated rings. The highest BCUT2D eigenvalue weighted by molar-refractivity contribution is 7.09. The number of aromatic nitrogens is 1. The first-order valence-corrected chi connectivity index (χ1v) is 9.63. The summed E-state index contributed by atoms with van der Waals surface area (Å²) in [4.78, 5) is 19.2. The Bertz CT molecular complexity index is 749. The predicted molar refractivity (Wildman–Crippen MR) is 101 cm³/mol. The quantitative estimate of drug-likeness (QED) is 0.807. The molecule has 1 aliphatic heterocycles. The third-order valence-corrected chi connectivity index (χ3v) is 5.36. The van der Waals surface area contributed by atoms with Crippen LogP contribution < -0.4 is 5.32 Å². The molecule has 140 valence electrons. The maximum Gasteiger partial charge on any atom is 0.251 e. The Morgan fingerprint density at radius 1 is 1.50 bits per heavy atom. The number of nitrogens with zero attached hydrogens (tertiary/aromatic N) is 2. The minimum absolute atomic E-state index is 0.157. The lowest BCUT2D eigenvalue weighted by molar-refractivity contribution is 0.0346. The summed E-state index contributed by atoms with van der Waals surface area (Å²) in [5, 5.41) is 16.5. The third-order valence-electron chi connectivity index (χ3n) is 4.53. The maximum absolute atomic E-state index is 12.5.